The average molecular weight is 309 g/mol. The molecular formula is C15H20FN3OS. The Hall–Kier alpha value is -1.53. The van der Waals surface area contributed by atoms with E-state index in [1.807, 2.05) is 0 Å². The summed E-state index contributed by atoms with van der Waals surface area (Å²) >= 11 is 4.84. The van der Waals surface area contributed by atoms with Crippen molar-refractivity contribution in [2.24, 2.45) is 5.73 Å². The van der Waals surface area contributed by atoms with Crippen LogP contribution in [0.2, 0.25) is 0 Å². The molecule has 0 aliphatic carbocycles. The van der Waals surface area contributed by atoms with Gasteiger partial charge in [0.25, 0.3) is 0 Å². The van der Waals surface area contributed by atoms with Crippen molar-refractivity contribution in [3.8, 4) is 0 Å². The minimum atomic E-state index is -0.274. The molecule has 0 radical (unpaired) electrons. The molecule has 0 unspecified atom stereocenters. The van der Waals surface area contributed by atoms with Gasteiger partial charge in [-0.05, 0) is 18.9 Å². The summed E-state index contributed by atoms with van der Waals surface area (Å²) in [5.74, 6) is -0.267. The summed E-state index contributed by atoms with van der Waals surface area (Å²) in [4.78, 5) is 13.4. The fourth-order valence-electron chi connectivity index (χ4n) is 2.59. The van der Waals surface area contributed by atoms with Crippen molar-refractivity contribution in [3.63, 3.8) is 0 Å². The molecule has 1 amide bonds. The maximum Gasteiger partial charge on any atom is 0.217 e. The van der Waals surface area contributed by atoms with Gasteiger partial charge < -0.3 is 11.1 Å². The Balaban J connectivity index is 1.91. The van der Waals surface area contributed by atoms with Crippen LogP contribution < -0.4 is 11.1 Å². The first-order valence-electron chi connectivity index (χ1n) is 7.03. The van der Waals surface area contributed by atoms with Crippen LogP contribution in [0.5, 0.6) is 0 Å². The number of benzene rings is 1. The SMILES string of the molecule is CC(=O)NC1CCN(Cc2ccc(C(N)=S)cc2F)CC1. The maximum absolute atomic E-state index is 14.0. The Labute approximate surface area is 129 Å². The number of carbonyl (C=O) groups excluding carboxylic acids is 1. The van der Waals surface area contributed by atoms with E-state index < -0.39 is 0 Å². The number of thiocarbonyl (C=S) groups is 1. The van der Waals surface area contributed by atoms with Crippen LogP contribution in [0.4, 0.5) is 4.39 Å². The molecule has 1 aromatic rings. The van der Waals surface area contributed by atoms with E-state index in [0.29, 0.717) is 17.7 Å². The third-order valence-electron chi connectivity index (χ3n) is 3.73. The molecule has 1 aromatic carbocycles. The van der Waals surface area contributed by atoms with Gasteiger partial charge in [-0.1, -0.05) is 24.4 Å². The number of nitrogens with one attached hydrogen (secondary N) is 1. The van der Waals surface area contributed by atoms with Crippen LogP contribution in [0.1, 0.15) is 30.9 Å². The number of hydrogen-bond donors (Lipinski definition) is 2. The second-order valence-electron chi connectivity index (χ2n) is 5.42. The van der Waals surface area contributed by atoms with Crippen LogP contribution in [0.3, 0.4) is 0 Å². The first kappa shape index (κ1) is 15.9. The van der Waals surface area contributed by atoms with Gasteiger partial charge in [0.1, 0.15) is 10.8 Å². The minimum absolute atomic E-state index is 0.00726. The molecule has 0 saturated carbocycles. The molecule has 21 heavy (non-hydrogen) atoms. The molecular weight excluding hydrogens is 289 g/mol. The van der Waals surface area contributed by atoms with Gasteiger partial charge in [-0.3, -0.25) is 9.69 Å². The number of rotatable bonds is 4. The van der Waals surface area contributed by atoms with E-state index in [-0.39, 0.29) is 22.8 Å². The van der Waals surface area contributed by atoms with Crippen LogP contribution in [0.25, 0.3) is 0 Å². The van der Waals surface area contributed by atoms with Crippen molar-refractivity contribution < 1.29 is 9.18 Å². The quantitative estimate of drug-likeness (QED) is 0.829. The van der Waals surface area contributed by atoms with Gasteiger partial charge in [0.15, 0.2) is 0 Å². The number of nitrogens with zero attached hydrogens (tertiary/aromatic N) is 1. The van der Waals surface area contributed by atoms with Crippen molar-refractivity contribution in [2.45, 2.75) is 32.4 Å². The maximum atomic E-state index is 14.0. The third kappa shape index (κ3) is 4.47. The van der Waals surface area contributed by atoms with Gasteiger partial charge in [0.05, 0.1) is 0 Å². The molecule has 3 N–H and O–H groups in total. The number of nitrogens with two attached hydrogens (primary N) is 1. The Morgan fingerprint density at radius 1 is 1.48 bits per heavy atom. The van der Waals surface area contributed by atoms with Crippen molar-refractivity contribution in [3.05, 3.63) is 35.1 Å². The summed E-state index contributed by atoms with van der Waals surface area (Å²) in [7, 11) is 0. The number of hydrogen-bond acceptors (Lipinski definition) is 3. The van der Waals surface area contributed by atoms with Gasteiger partial charge in [-0.2, -0.15) is 0 Å². The number of halogens is 1. The minimum Gasteiger partial charge on any atom is -0.389 e. The molecule has 114 valence electrons. The lowest BCUT2D eigenvalue weighted by Crippen LogP contribution is -2.43. The highest BCUT2D eigenvalue weighted by molar-refractivity contribution is 7.80. The molecule has 0 aromatic heterocycles. The van der Waals surface area contributed by atoms with Gasteiger partial charge >= 0.3 is 0 Å². The number of amides is 1. The highest BCUT2D eigenvalue weighted by Crippen LogP contribution is 2.17. The zero-order valence-electron chi connectivity index (χ0n) is 12.1. The highest BCUT2D eigenvalue weighted by atomic mass is 32.1. The summed E-state index contributed by atoms with van der Waals surface area (Å²) < 4.78 is 14.0. The smallest absolute Gasteiger partial charge is 0.217 e. The lowest BCUT2D eigenvalue weighted by molar-refractivity contribution is -0.119. The van der Waals surface area contributed by atoms with Crippen molar-refractivity contribution in [2.75, 3.05) is 13.1 Å². The Bertz CT molecular complexity index is 542. The molecule has 6 heteroatoms. The lowest BCUT2D eigenvalue weighted by Gasteiger charge is -2.32. The van der Waals surface area contributed by atoms with Crippen molar-refractivity contribution >= 4 is 23.1 Å². The van der Waals surface area contributed by atoms with E-state index in [4.69, 9.17) is 18.0 Å². The lowest BCUT2D eigenvalue weighted by atomic mass is 10.0. The van der Waals surface area contributed by atoms with Gasteiger partial charge in [0, 0.05) is 43.7 Å². The standard InChI is InChI=1S/C15H20FN3OS/c1-10(20)18-13-4-6-19(7-5-13)9-12-3-2-11(15(17)21)8-14(12)16/h2-3,8,13H,4-7,9H2,1H3,(H2,17,21)(H,18,20). The summed E-state index contributed by atoms with van der Waals surface area (Å²) in [6, 6.07) is 5.12. The van der Waals surface area contributed by atoms with Crippen LogP contribution >= 0.6 is 12.2 Å². The molecule has 0 spiro atoms. The number of likely N-dealkylation sites (tertiary alicyclic amines) is 1. The number of piperidine rings is 1. The fourth-order valence-corrected chi connectivity index (χ4v) is 2.72. The van der Waals surface area contributed by atoms with Gasteiger partial charge in [0.2, 0.25) is 5.91 Å². The summed E-state index contributed by atoms with van der Waals surface area (Å²) in [6.45, 7) is 3.80. The molecule has 1 aliphatic heterocycles. The first-order chi connectivity index (χ1) is 9.95. The third-order valence-corrected chi connectivity index (χ3v) is 3.96. The number of carbonyl (C=O) groups is 1. The highest BCUT2D eigenvalue weighted by Gasteiger charge is 2.20. The molecule has 4 nitrogen and oxygen atoms in total. The molecule has 1 saturated heterocycles. The molecule has 0 bridgehead atoms. The predicted octanol–water partition coefficient (Wildman–Crippen LogP) is 1.56. The topological polar surface area (TPSA) is 58.4 Å². The van der Waals surface area contributed by atoms with E-state index >= 15 is 0 Å². The summed E-state index contributed by atoms with van der Waals surface area (Å²) in [6.07, 6.45) is 1.79. The first-order valence-corrected chi connectivity index (χ1v) is 7.44. The molecule has 1 heterocycles. The fraction of sp³-hybridized carbons (Fsp3) is 0.467. The van der Waals surface area contributed by atoms with Gasteiger partial charge in [-0.25, -0.2) is 4.39 Å². The molecule has 1 fully saturated rings. The van der Waals surface area contributed by atoms with Gasteiger partial charge in [-0.15, -0.1) is 0 Å². The van der Waals surface area contributed by atoms with Crippen LogP contribution in [0, 0.1) is 5.82 Å². The van der Waals surface area contributed by atoms with E-state index in [1.165, 1.54) is 13.0 Å². The largest absolute Gasteiger partial charge is 0.389 e. The van der Waals surface area contributed by atoms with E-state index in [1.54, 1.807) is 12.1 Å². The second kappa shape index (κ2) is 6.95. The van der Waals surface area contributed by atoms with E-state index in [0.717, 1.165) is 25.9 Å². The average Bonchev–Trinajstić information content (AvgIpc) is 2.42. The second-order valence-corrected chi connectivity index (χ2v) is 5.86. The predicted molar refractivity (Wildman–Crippen MR) is 84.4 cm³/mol. The molecule has 0 atom stereocenters. The summed E-state index contributed by atoms with van der Waals surface area (Å²) in [5.41, 5.74) is 6.69. The van der Waals surface area contributed by atoms with E-state index in [9.17, 15) is 9.18 Å². The summed E-state index contributed by atoms with van der Waals surface area (Å²) in [5, 5.41) is 2.93. The molecule has 1 aliphatic rings. The van der Waals surface area contributed by atoms with Crippen LogP contribution in [-0.2, 0) is 11.3 Å². The van der Waals surface area contributed by atoms with E-state index in [2.05, 4.69) is 10.2 Å². The normalized spacial score (nSPS) is 16.7. The van der Waals surface area contributed by atoms with Crippen molar-refractivity contribution in [1.29, 1.82) is 0 Å². The van der Waals surface area contributed by atoms with Crippen LogP contribution in [0.15, 0.2) is 18.2 Å². The Morgan fingerprint density at radius 3 is 2.67 bits per heavy atom. The van der Waals surface area contributed by atoms with Crippen molar-refractivity contribution in [1.82, 2.24) is 10.2 Å². The zero-order valence-corrected chi connectivity index (χ0v) is 12.9. The Morgan fingerprint density at radius 2 is 2.14 bits per heavy atom. The zero-order chi connectivity index (χ0) is 15.4. The molecule has 2 rings (SSSR count). The van der Waals surface area contributed by atoms with Crippen LogP contribution in [-0.4, -0.2) is 34.9 Å². The Kier molecular flexibility index (Phi) is 5.25. The monoisotopic (exact) mass is 309 g/mol.